The van der Waals surface area contributed by atoms with E-state index < -0.39 is 0 Å². The van der Waals surface area contributed by atoms with Crippen molar-refractivity contribution in [3.8, 4) is 0 Å². The number of rotatable bonds is 6. The van der Waals surface area contributed by atoms with Gasteiger partial charge in [-0.15, -0.1) is 11.3 Å². The van der Waals surface area contributed by atoms with Crippen molar-refractivity contribution in [3.05, 3.63) is 52.1 Å². The molecule has 124 valence electrons. The predicted octanol–water partition coefficient (Wildman–Crippen LogP) is 3.37. The smallest absolute Gasteiger partial charge is 0.311 e. The summed E-state index contributed by atoms with van der Waals surface area (Å²) in [5.41, 5.74) is 3.61. The van der Waals surface area contributed by atoms with Crippen LogP contribution in [0.2, 0.25) is 0 Å². The molecular formula is C18H19N3O2S. The molecule has 2 aromatic heterocycles. The van der Waals surface area contributed by atoms with Gasteiger partial charge in [0.1, 0.15) is 0 Å². The van der Waals surface area contributed by atoms with Gasteiger partial charge in [-0.3, -0.25) is 9.78 Å². The van der Waals surface area contributed by atoms with Crippen LogP contribution in [0.4, 0.5) is 5.69 Å². The van der Waals surface area contributed by atoms with E-state index in [-0.39, 0.29) is 12.4 Å². The molecule has 0 aliphatic heterocycles. The Bertz CT molecular complexity index is 860. The maximum Gasteiger partial charge on any atom is 0.311 e. The van der Waals surface area contributed by atoms with E-state index in [1.54, 1.807) is 11.3 Å². The van der Waals surface area contributed by atoms with Crippen LogP contribution in [-0.4, -0.2) is 29.6 Å². The average molecular weight is 341 g/mol. The number of thiazole rings is 1. The molecule has 0 bridgehead atoms. The van der Waals surface area contributed by atoms with E-state index >= 15 is 0 Å². The Labute approximate surface area is 144 Å². The molecule has 0 amide bonds. The van der Waals surface area contributed by atoms with E-state index in [2.05, 4.69) is 20.7 Å². The Morgan fingerprint density at radius 3 is 2.88 bits per heavy atom. The number of nitrogens with one attached hydrogen (secondary N) is 1. The number of benzene rings is 1. The predicted molar refractivity (Wildman–Crippen MR) is 96.5 cm³/mol. The lowest BCUT2D eigenvalue weighted by Crippen LogP contribution is -2.09. The van der Waals surface area contributed by atoms with Gasteiger partial charge in [0.05, 0.1) is 29.7 Å². The average Bonchev–Trinajstić information content (AvgIpc) is 3.00. The molecule has 0 saturated heterocycles. The molecule has 0 aliphatic rings. The molecule has 1 N–H and O–H groups in total. The van der Waals surface area contributed by atoms with Crippen molar-refractivity contribution in [1.29, 1.82) is 0 Å². The number of pyridine rings is 1. The monoisotopic (exact) mass is 341 g/mol. The number of carbonyl (C=O) groups excluding carboxylic acids is 1. The van der Waals surface area contributed by atoms with Crippen molar-refractivity contribution in [2.75, 3.05) is 19.0 Å². The fourth-order valence-corrected chi connectivity index (χ4v) is 3.28. The Morgan fingerprint density at radius 1 is 1.29 bits per heavy atom. The standard InChI is InChI=1S/C18H19N3O2S/c1-12-11-24-17(20-12)7-8-19-16-9-13(10-18(22)23-2)21-15-6-4-3-5-14(15)16/h3-6,9,11H,7-8,10H2,1-2H3,(H,19,21). The maximum absolute atomic E-state index is 11.5. The Kier molecular flexibility index (Phi) is 5.05. The molecule has 0 atom stereocenters. The number of aryl methyl sites for hydroxylation is 1. The van der Waals surface area contributed by atoms with E-state index in [0.717, 1.165) is 40.3 Å². The molecule has 24 heavy (non-hydrogen) atoms. The molecule has 0 aliphatic carbocycles. The van der Waals surface area contributed by atoms with Gasteiger partial charge in [0.25, 0.3) is 0 Å². The third-order valence-corrected chi connectivity index (χ3v) is 4.67. The molecule has 3 aromatic rings. The minimum atomic E-state index is -0.290. The summed E-state index contributed by atoms with van der Waals surface area (Å²) in [5, 5.41) is 7.67. The van der Waals surface area contributed by atoms with Crippen LogP contribution in [-0.2, 0) is 22.4 Å². The van der Waals surface area contributed by atoms with Gasteiger partial charge in [-0.25, -0.2) is 4.98 Å². The largest absolute Gasteiger partial charge is 0.469 e. The zero-order chi connectivity index (χ0) is 16.9. The first-order valence-corrected chi connectivity index (χ1v) is 8.64. The Hall–Kier alpha value is -2.47. The number of nitrogens with zero attached hydrogens (tertiary/aromatic N) is 2. The van der Waals surface area contributed by atoms with Crippen LogP contribution in [0.15, 0.2) is 35.7 Å². The number of hydrogen-bond acceptors (Lipinski definition) is 6. The number of carbonyl (C=O) groups is 1. The lowest BCUT2D eigenvalue weighted by molar-refractivity contribution is -0.139. The van der Waals surface area contributed by atoms with Gasteiger partial charge < -0.3 is 10.1 Å². The fraction of sp³-hybridized carbons (Fsp3) is 0.278. The van der Waals surface area contributed by atoms with Gasteiger partial charge in [-0.2, -0.15) is 0 Å². The van der Waals surface area contributed by atoms with Crippen molar-refractivity contribution >= 4 is 33.9 Å². The summed E-state index contributed by atoms with van der Waals surface area (Å²) in [6.07, 6.45) is 1.03. The SMILES string of the molecule is COC(=O)Cc1cc(NCCc2nc(C)cs2)c2ccccc2n1. The minimum Gasteiger partial charge on any atom is -0.469 e. The van der Waals surface area contributed by atoms with Crippen molar-refractivity contribution in [1.82, 2.24) is 9.97 Å². The number of para-hydroxylation sites is 1. The Morgan fingerprint density at radius 2 is 2.12 bits per heavy atom. The van der Waals surface area contributed by atoms with Gasteiger partial charge >= 0.3 is 5.97 Å². The van der Waals surface area contributed by atoms with E-state index in [0.29, 0.717) is 5.69 Å². The molecule has 1 aromatic carbocycles. The lowest BCUT2D eigenvalue weighted by atomic mass is 10.1. The van der Waals surface area contributed by atoms with Gasteiger partial charge in [0.2, 0.25) is 0 Å². The summed E-state index contributed by atoms with van der Waals surface area (Å²) in [6, 6.07) is 9.83. The van der Waals surface area contributed by atoms with Crippen LogP contribution in [0.1, 0.15) is 16.4 Å². The van der Waals surface area contributed by atoms with Crippen molar-refractivity contribution in [2.24, 2.45) is 0 Å². The Balaban J connectivity index is 1.80. The van der Waals surface area contributed by atoms with Gasteiger partial charge in [0.15, 0.2) is 0 Å². The molecule has 0 radical (unpaired) electrons. The molecule has 0 spiro atoms. The first-order valence-electron chi connectivity index (χ1n) is 7.76. The molecule has 5 nitrogen and oxygen atoms in total. The minimum absolute atomic E-state index is 0.168. The highest BCUT2D eigenvalue weighted by atomic mass is 32.1. The summed E-state index contributed by atoms with van der Waals surface area (Å²) in [5.74, 6) is -0.290. The number of aromatic nitrogens is 2. The van der Waals surface area contributed by atoms with Gasteiger partial charge in [-0.05, 0) is 19.1 Å². The van der Waals surface area contributed by atoms with Crippen LogP contribution < -0.4 is 5.32 Å². The topological polar surface area (TPSA) is 64.1 Å². The maximum atomic E-state index is 11.5. The van der Waals surface area contributed by atoms with Crippen LogP contribution >= 0.6 is 11.3 Å². The molecule has 0 fully saturated rings. The summed E-state index contributed by atoms with van der Waals surface area (Å²) in [6.45, 7) is 2.78. The molecule has 0 saturated carbocycles. The zero-order valence-corrected chi connectivity index (χ0v) is 14.5. The van der Waals surface area contributed by atoms with Gasteiger partial charge in [0, 0.05) is 35.1 Å². The lowest BCUT2D eigenvalue weighted by Gasteiger charge is -2.11. The van der Waals surface area contributed by atoms with Gasteiger partial charge in [-0.1, -0.05) is 18.2 Å². The van der Waals surface area contributed by atoms with E-state index in [1.165, 1.54) is 7.11 Å². The van der Waals surface area contributed by atoms with E-state index in [4.69, 9.17) is 4.74 Å². The van der Waals surface area contributed by atoms with Crippen LogP contribution in [0, 0.1) is 6.92 Å². The highest BCUT2D eigenvalue weighted by molar-refractivity contribution is 7.09. The molecule has 3 rings (SSSR count). The van der Waals surface area contributed by atoms with Crippen LogP contribution in [0.25, 0.3) is 10.9 Å². The second kappa shape index (κ2) is 7.40. The number of fused-ring (bicyclic) bond motifs is 1. The highest BCUT2D eigenvalue weighted by Crippen LogP contribution is 2.23. The van der Waals surface area contributed by atoms with Crippen molar-refractivity contribution in [2.45, 2.75) is 19.8 Å². The zero-order valence-electron chi connectivity index (χ0n) is 13.7. The van der Waals surface area contributed by atoms with E-state index in [1.807, 2.05) is 37.3 Å². The first-order chi connectivity index (χ1) is 11.7. The number of methoxy groups -OCH3 is 1. The molecule has 0 unspecified atom stereocenters. The molecular weight excluding hydrogens is 322 g/mol. The van der Waals surface area contributed by atoms with Crippen LogP contribution in [0.3, 0.4) is 0 Å². The summed E-state index contributed by atoms with van der Waals surface area (Å²) in [7, 11) is 1.39. The third-order valence-electron chi connectivity index (χ3n) is 3.64. The second-order valence-electron chi connectivity index (χ2n) is 5.49. The normalized spacial score (nSPS) is 10.8. The summed E-state index contributed by atoms with van der Waals surface area (Å²) >= 11 is 1.68. The first kappa shape index (κ1) is 16.4. The van der Waals surface area contributed by atoms with E-state index in [9.17, 15) is 4.79 Å². The number of anilines is 1. The summed E-state index contributed by atoms with van der Waals surface area (Å²) in [4.78, 5) is 20.6. The quantitative estimate of drug-likeness (QED) is 0.697. The van der Waals surface area contributed by atoms with Crippen molar-refractivity contribution < 1.29 is 9.53 Å². The number of esters is 1. The second-order valence-corrected chi connectivity index (χ2v) is 6.43. The number of hydrogen-bond donors (Lipinski definition) is 1. The van der Waals surface area contributed by atoms with Crippen LogP contribution in [0.5, 0.6) is 0 Å². The number of ether oxygens (including phenoxy) is 1. The highest BCUT2D eigenvalue weighted by Gasteiger charge is 2.09. The molecule has 6 heteroatoms. The fourth-order valence-electron chi connectivity index (χ4n) is 2.51. The molecule has 2 heterocycles. The summed E-state index contributed by atoms with van der Waals surface area (Å²) < 4.78 is 4.74. The van der Waals surface area contributed by atoms with Crippen molar-refractivity contribution in [3.63, 3.8) is 0 Å². The third kappa shape index (κ3) is 3.89.